The van der Waals surface area contributed by atoms with Gasteiger partial charge in [0.2, 0.25) is 0 Å². The second kappa shape index (κ2) is 3.53. The van der Waals surface area contributed by atoms with Gasteiger partial charge in [-0.3, -0.25) is 4.99 Å². The average Bonchev–Trinajstić information content (AvgIpc) is 1.61. The van der Waals surface area contributed by atoms with E-state index in [4.69, 9.17) is 5.41 Å². The molecule has 0 spiro atoms. The summed E-state index contributed by atoms with van der Waals surface area (Å²) in [5.41, 5.74) is 0. The molecule has 0 bridgehead atoms. The molecule has 0 unspecified atom stereocenters. The van der Waals surface area contributed by atoms with Crippen LogP contribution >= 0.6 is 0 Å². The van der Waals surface area contributed by atoms with Gasteiger partial charge in [0.1, 0.15) is 0 Å². The fourth-order valence-electron chi connectivity index (χ4n) is 0.215. The zero-order valence-electron chi connectivity index (χ0n) is 4.68. The maximum atomic E-state index is 6.52. The Morgan fingerprint density at radius 1 is 1.57 bits per heavy atom. The normalized spacial score (nSPS) is 10.7. The molecule has 40 valence electrons. The Balaban J connectivity index is 3.25. The number of rotatable bonds is 2. The van der Waals surface area contributed by atoms with Gasteiger partial charge < -0.3 is 5.41 Å². The molecule has 0 aliphatic heterocycles. The van der Waals surface area contributed by atoms with Gasteiger partial charge in [-0.1, -0.05) is 0 Å². The third-order valence-electron chi connectivity index (χ3n) is 0.459. The first-order valence-corrected chi connectivity index (χ1v) is 2.29. The van der Waals surface area contributed by atoms with E-state index in [1.807, 2.05) is 13.8 Å². The molecule has 0 rings (SSSR count). The SMILES string of the molecule is CC(C)/N=C\C=N. The molecule has 1 N–H and O–H groups in total. The fraction of sp³-hybridized carbons (Fsp3) is 0.600. The Kier molecular flexibility index (Phi) is 3.19. The first kappa shape index (κ1) is 6.34. The van der Waals surface area contributed by atoms with E-state index >= 15 is 0 Å². The summed E-state index contributed by atoms with van der Waals surface area (Å²) in [6, 6.07) is 0.321. The first-order chi connectivity index (χ1) is 3.27. The van der Waals surface area contributed by atoms with E-state index in [1.165, 1.54) is 12.4 Å². The van der Waals surface area contributed by atoms with Gasteiger partial charge in [0.05, 0.1) is 0 Å². The summed E-state index contributed by atoms with van der Waals surface area (Å²) in [7, 11) is 0. The number of hydrogen-bond donors (Lipinski definition) is 1. The lowest BCUT2D eigenvalue weighted by Gasteiger charge is -1.88. The summed E-state index contributed by atoms with van der Waals surface area (Å²) < 4.78 is 0. The van der Waals surface area contributed by atoms with Gasteiger partial charge >= 0.3 is 0 Å². The van der Waals surface area contributed by atoms with Crippen molar-refractivity contribution in [3.05, 3.63) is 0 Å². The Morgan fingerprint density at radius 3 is 2.29 bits per heavy atom. The molecule has 0 aromatic heterocycles. The van der Waals surface area contributed by atoms with Crippen molar-refractivity contribution in [2.75, 3.05) is 0 Å². The van der Waals surface area contributed by atoms with Crippen molar-refractivity contribution in [3.8, 4) is 0 Å². The smallest absolute Gasteiger partial charge is 0.0443 e. The Hall–Kier alpha value is -0.660. The fourth-order valence-corrected chi connectivity index (χ4v) is 0.215. The Bertz CT molecular complexity index is 74.1. The lowest BCUT2D eigenvalue weighted by molar-refractivity contribution is 0.843. The Labute approximate surface area is 43.8 Å². The highest BCUT2D eigenvalue weighted by molar-refractivity contribution is 6.14. The molecule has 2 heteroatoms. The third-order valence-corrected chi connectivity index (χ3v) is 0.459. The van der Waals surface area contributed by atoms with Crippen LogP contribution in [0, 0.1) is 5.41 Å². The van der Waals surface area contributed by atoms with Crippen LogP contribution in [0.1, 0.15) is 13.8 Å². The van der Waals surface area contributed by atoms with Gasteiger partial charge in [0.15, 0.2) is 0 Å². The second-order valence-corrected chi connectivity index (χ2v) is 1.56. The highest BCUT2D eigenvalue weighted by Crippen LogP contribution is 1.79. The van der Waals surface area contributed by atoms with Crippen LogP contribution in [0.5, 0.6) is 0 Å². The molecule has 0 fully saturated rings. The van der Waals surface area contributed by atoms with E-state index in [1.54, 1.807) is 0 Å². The average molecular weight is 98.1 g/mol. The maximum absolute atomic E-state index is 6.52. The standard InChI is InChI=1S/C5H10N2/c1-5(2)7-4-3-6/h3-6H,1-2H3/b6-3?,7-4-. The van der Waals surface area contributed by atoms with E-state index in [0.29, 0.717) is 6.04 Å². The molecule has 0 saturated heterocycles. The van der Waals surface area contributed by atoms with Crippen LogP contribution < -0.4 is 0 Å². The van der Waals surface area contributed by atoms with E-state index in [2.05, 4.69) is 4.99 Å². The Morgan fingerprint density at radius 2 is 2.14 bits per heavy atom. The van der Waals surface area contributed by atoms with Crippen molar-refractivity contribution in [2.45, 2.75) is 19.9 Å². The summed E-state index contributed by atoms with van der Waals surface area (Å²) >= 11 is 0. The van der Waals surface area contributed by atoms with Gasteiger partial charge in [-0.05, 0) is 13.8 Å². The predicted molar refractivity (Wildman–Crippen MR) is 32.4 cm³/mol. The van der Waals surface area contributed by atoms with Crippen LogP contribution in [0.3, 0.4) is 0 Å². The van der Waals surface area contributed by atoms with Crippen molar-refractivity contribution in [3.63, 3.8) is 0 Å². The molecule has 0 radical (unpaired) electrons. The molecule has 0 aromatic carbocycles. The molecule has 0 aromatic rings. The van der Waals surface area contributed by atoms with Gasteiger partial charge in [-0.25, -0.2) is 0 Å². The molecule has 0 heterocycles. The summed E-state index contributed by atoms with van der Waals surface area (Å²) in [6.45, 7) is 3.94. The number of hydrogen-bond acceptors (Lipinski definition) is 2. The van der Waals surface area contributed by atoms with Crippen LogP contribution in [0.15, 0.2) is 4.99 Å². The molecule has 7 heavy (non-hydrogen) atoms. The highest BCUT2D eigenvalue weighted by atomic mass is 14.7. The minimum absolute atomic E-state index is 0.321. The number of nitrogens with zero attached hydrogens (tertiary/aromatic N) is 1. The van der Waals surface area contributed by atoms with Crippen LogP contribution in [-0.4, -0.2) is 18.5 Å². The molecule has 0 aliphatic rings. The topological polar surface area (TPSA) is 36.2 Å². The van der Waals surface area contributed by atoms with E-state index in [-0.39, 0.29) is 0 Å². The zero-order valence-corrected chi connectivity index (χ0v) is 4.68. The van der Waals surface area contributed by atoms with Gasteiger partial charge in [-0.15, -0.1) is 0 Å². The van der Waals surface area contributed by atoms with Crippen LogP contribution in [0.2, 0.25) is 0 Å². The molecular weight excluding hydrogens is 88.1 g/mol. The zero-order chi connectivity index (χ0) is 5.70. The van der Waals surface area contributed by atoms with Gasteiger partial charge in [0, 0.05) is 18.5 Å². The maximum Gasteiger partial charge on any atom is 0.0443 e. The highest BCUT2D eigenvalue weighted by Gasteiger charge is 1.78. The minimum atomic E-state index is 0.321. The van der Waals surface area contributed by atoms with E-state index in [9.17, 15) is 0 Å². The molecule has 0 saturated carbocycles. The van der Waals surface area contributed by atoms with Crippen LogP contribution in [0.25, 0.3) is 0 Å². The number of nitrogens with one attached hydrogen (secondary N) is 1. The largest absolute Gasteiger partial charge is 0.307 e. The predicted octanol–water partition coefficient (Wildman–Crippen LogP) is 1.12. The molecular formula is C5H10N2. The molecule has 0 aliphatic carbocycles. The van der Waals surface area contributed by atoms with Crippen molar-refractivity contribution in [1.29, 1.82) is 5.41 Å². The minimum Gasteiger partial charge on any atom is -0.307 e. The summed E-state index contributed by atoms with van der Waals surface area (Å²) in [5.74, 6) is 0. The van der Waals surface area contributed by atoms with Crippen LogP contribution in [0.4, 0.5) is 0 Å². The van der Waals surface area contributed by atoms with Gasteiger partial charge in [0.25, 0.3) is 0 Å². The molecule has 0 atom stereocenters. The van der Waals surface area contributed by atoms with E-state index < -0.39 is 0 Å². The van der Waals surface area contributed by atoms with Gasteiger partial charge in [-0.2, -0.15) is 0 Å². The lowest BCUT2D eigenvalue weighted by Crippen LogP contribution is -1.87. The van der Waals surface area contributed by atoms with Crippen molar-refractivity contribution in [2.24, 2.45) is 4.99 Å². The first-order valence-electron chi connectivity index (χ1n) is 2.29. The van der Waals surface area contributed by atoms with Crippen molar-refractivity contribution in [1.82, 2.24) is 0 Å². The third kappa shape index (κ3) is 5.34. The molecule has 2 nitrogen and oxygen atoms in total. The summed E-state index contributed by atoms with van der Waals surface area (Å²) in [5, 5.41) is 6.52. The molecule has 0 amide bonds. The quantitative estimate of drug-likeness (QED) is 0.502. The second-order valence-electron chi connectivity index (χ2n) is 1.56. The van der Waals surface area contributed by atoms with E-state index in [0.717, 1.165) is 0 Å². The summed E-state index contributed by atoms with van der Waals surface area (Å²) in [4.78, 5) is 3.88. The number of aliphatic imine (C=N–C) groups is 1. The monoisotopic (exact) mass is 98.1 g/mol. The summed E-state index contributed by atoms with van der Waals surface area (Å²) in [6.07, 6.45) is 2.67. The van der Waals surface area contributed by atoms with Crippen molar-refractivity contribution < 1.29 is 0 Å². The van der Waals surface area contributed by atoms with Crippen molar-refractivity contribution >= 4 is 12.4 Å². The lowest BCUT2D eigenvalue weighted by atomic mass is 10.4. The van der Waals surface area contributed by atoms with Crippen LogP contribution in [-0.2, 0) is 0 Å².